The van der Waals surface area contributed by atoms with E-state index in [2.05, 4.69) is 5.32 Å². The average molecular weight is 243 g/mol. The number of rotatable bonds is 4. The third-order valence-corrected chi connectivity index (χ3v) is 2.56. The van der Waals surface area contributed by atoms with E-state index >= 15 is 0 Å². The number of nitrogens with one attached hydrogen (secondary N) is 1. The van der Waals surface area contributed by atoms with Crippen LogP contribution in [-0.2, 0) is 14.6 Å². The molecule has 5 nitrogen and oxygen atoms in total. The van der Waals surface area contributed by atoms with E-state index in [1.54, 1.807) is 24.3 Å². The largest absolute Gasteiger partial charge is 0.495 e. The van der Waals surface area contributed by atoms with Crippen LogP contribution in [0.1, 0.15) is 0 Å². The smallest absolute Gasteiger partial charge is 0.239 e. The first-order chi connectivity index (χ1) is 7.42. The van der Waals surface area contributed by atoms with Crippen molar-refractivity contribution in [3.63, 3.8) is 0 Å². The number of methoxy groups -OCH3 is 1. The van der Waals surface area contributed by atoms with E-state index in [1.165, 1.54) is 7.11 Å². The highest BCUT2D eigenvalue weighted by molar-refractivity contribution is 7.91. The van der Waals surface area contributed by atoms with Crippen LogP contribution < -0.4 is 10.1 Å². The van der Waals surface area contributed by atoms with Gasteiger partial charge in [0.15, 0.2) is 9.84 Å². The summed E-state index contributed by atoms with van der Waals surface area (Å²) in [6.45, 7) is 0. The third-order valence-electron chi connectivity index (χ3n) is 1.77. The highest BCUT2D eigenvalue weighted by Gasteiger charge is 2.12. The molecule has 1 N–H and O–H groups in total. The lowest BCUT2D eigenvalue weighted by Crippen LogP contribution is -2.22. The van der Waals surface area contributed by atoms with Crippen LogP contribution in [-0.4, -0.2) is 33.4 Å². The van der Waals surface area contributed by atoms with Crippen LogP contribution >= 0.6 is 0 Å². The first kappa shape index (κ1) is 12.5. The molecule has 0 unspecified atom stereocenters. The fourth-order valence-electron chi connectivity index (χ4n) is 1.17. The van der Waals surface area contributed by atoms with Crippen molar-refractivity contribution in [2.75, 3.05) is 24.4 Å². The van der Waals surface area contributed by atoms with Crippen LogP contribution in [0.15, 0.2) is 24.3 Å². The van der Waals surface area contributed by atoms with Crippen molar-refractivity contribution in [1.29, 1.82) is 0 Å². The lowest BCUT2D eigenvalue weighted by Gasteiger charge is -2.08. The molecule has 16 heavy (non-hydrogen) atoms. The molecule has 0 atom stereocenters. The Morgan fingerprint density at radius 2 is 2.00 bits per heavy atom. The van der Waals surface area contributed by atoms with Gasteiger partial charge in [-0.2, -0.15) is 0 Å². The molecule has 1 rings (SSSR count). The van der Waals surface area contributed by atoms with Gasteiger partial charge in [-0.25, -0.2) is 8.42 Å². The van der Waals surface area contributed by atoms with Gasteiger partial charge in [0.2, 0.25) is 5.91 Å². The van der Waals surface area contributed by atoms with Gasteiger partial charge >= 0.3 is 0 Å². The van der Waals surface area contributed by atoms with E-state index in [-0.39, 0.29) is 0 Å². The molecule has 0 radical (unpaired) electrons. The van der Waals surface area contributed by atoms with Crippen LogP contribution in [0.2, 0.25) is 0 Å². The second kappa shape index (κ2) is 4.98. The maximum absolute atomic E-state index is 11.4. The molecule has 6 heteroatoms. The van der Waals surface area contributed by atoms with Gasteiger partial charge in [0, 0.05) is 6.26 Å². The lowest BCUT2D eigenvalue weighted by atomic mass is 10.3. The second-order valence-electron chi connectivity index (χ2n) is 3.32. The van der Waals surface area contributed by atoms with Gasteiger partial charge in [-0.15, -0.1) is 0 Å². The fourth-order valence-corrected chi connectivity index (χ4v) is 1.72. The zero-order chi connectivity index (χ0) is 12.2. The van der Waals surface area contributed by atoms with E-state index in [0.29, 0.717) is 11.4 Å². The van der Waals surface area contributed by atoms with Gasteiger partial charge in [-0.1, -0.05) is 12.1 Å². The Balaban J connectivity index is 2.77. The predicted octanol–water partition coefficient (Wildman–Crippen LogP) is 0.678. The highest BCUT2D eigenvalue weighted by Crippen LogP contribution is 2.22. The van der Waals surface area contributed by atoms with Gasteiger partial charge in [-0.05, 0) is 12.1 Å². The molecule has 1 aromatic carbocycles. The minimum Gasteiger partial charge on any atom is -0.495 e. The van der Waals surface area contributed by atoms with Gasteiger partial charge in [0.1, 0.15) is 11.5 Å². The summed E-state index contributed by atoms with van der Waals surface area (Å²) in [4.78, 5) is 11.4. The normalized spacial score (nSPS) is 10.9. The topological polar surface area (TPSA) is 72.5 Å². The molecule has 1 amide bonds. The first-order valence-electron chi connectivity index (χ1n) is 4.53. The molecule has 1 aromatic rings. The molecule has 88 valence electrons. The standard InChI is InChI=1S/C10H13NO4S/c1-15-9-6-4-3-5-8(9)11-10(12)7-16(2,13)14/h3-6H,7H2,1-2H3,(H,11,12). The number of benzene rings is 1. The molecule has 0 fully saturated rings. The molecular formula is C10H13NO4S. The van der Waals surface area contributed by atoms with Crippen molar-refractivity contribution in [2.45, 2.75) is 0 Å². The van der Waals surface area contributed by atoms with Crippen molar-refractivity contribution >= 4 is 21.4 Å². The van der Waals surface area contributed by atoms with Gasteiger partial charge in [-0.3, -0.25) is 4.79 Å². The monoisotopic (exact) mass is 243 g/mol. The van der Waals surface area contributed by atoms with Crippen molar-refractivity contribution in [3.05, 3.63) is 24.3 Å². The molecule has 0 saturated carbocycles. The Kier molecular flexibility index (Phi) is 3.89. The third kappa shape index (κ3) is 3.90. The van der Waals surface area contributed by atoms with E-state index in [0.717, 1.165) is 6.26 Å². The summed E-state index contributed by atoms with van der Waals surface area (Å²) in [5.41, 5.74) is 0.457. The van der Waals surface area contributed by atoms with Crippen molar-refractivity contribution in [3.8, 4) is 5.75 Å². The van der Waals surface area contributed by atoms with Crippen molar-refractivity contribution < 1.29 is 17.9 Å². The lowest BCUT2D eigenvalue weighted by molar-refractivity contribution is -0.113. The first-order valence-corrected chi connectivity index (χ1v) is 6.59. The highest BCUT2D eigenvalue weighted by atomic mass is 32.2. The van der Waals surface area contributed by atoms with Crippen molar-refractivity contribution in [1.82, 2.24) is 0 Å². The minimum absolute atomic E-state index is 0.457. The molecule has 0 aromatic heterocycles. The van der Waals surface area contributed by atoms with E-state index in [9.17, 15) is 13.2 Å². The number of hydrogen-bond acceptors (Lipinski definition) is 4. The quantitative estimate of drug-likeness (QED) is 0.844. The molecule has 0 aliphatic carbocycles. The summed E-state index contributed by atoms with van der Waals surface area (Å²) in [7, 11) is -1.84. The van der Waals surface area contributed by atoms with Crippen LogP contribution in [0.3, 0.4) is 0 Å². The van der Waals surface area contributed by atoms with Crippen LogP contribution in [0, 0.1) is 0 Å². The summed E-state index contributed by atoms with van der Waals surface area (Å²) < 4.78 is 26.8. The molecule has 0 spiro atoms. The van der Waals surface area contributed by atoms with Gasteiger partial charge < -0.3 is 10.1 Å². The molecule has 0 aliphatic rings. The Morgan fingerprint density at radius 3 is 2.56 bits per heavy atom. The van der Waals surface area contributed by atoms with Gasteiger partial charge in [0.05, 0.1) is 12.8 Å². The van der Waals surface area contributed by atoms with E-state index in [4.69, 9.17) is 4.74 Å². The number of ether oxygens (including phenoxy) is 1. The number of carbonyl (C=O) groups is 1. The number of para-hydroxylation sites is 2. The fraction of sp³-hybridized carbons (Fsp3) is 0.300. The number of carbonyl (C=O) groups excluding carboxylic acids is 1. The van der Waals surface area contributed by atoms with Crippen LogP contribution in [0.4, 0.5) is 5.69 Å². The maximum atomic E-state index is 11.4. The molecule has 0 aliphatic heterocycles. The zero-order valence-corrected chi connectivity index (χ0v) is 9.87. The Hall–Kier alpha value is -1.56. The summed E-state index contributed by atoms with van der Waals surface area (Å²) in [5, 5.41) is 2.47. The average Bonchev–Trinajstić information content (AvgIpc) is 2.15. The van der Waals surface area contributed by atoms with E-state index < -0.39 is 21.5 Å². The van der Waals surface area contributed by atoms with Gasteiger partial charge in [0.25, 0.3) is 0 Å². The molecule has 0 saturated heterocycles. The Morgan fingerprint density at radius 1 is 1.38 bits per heavy atom. The number of amides is 1. The van der Waals surface area contributed by atoms with Crippen LogP contribution in [0.25, 0.3) is 0 Å². The summed E-state index contributed by atoms with van der Waals surface area (Å²) >= 11 is 0. The number of anilines is 1. The summed E-state index contributed by atoms with van der Waals surface area (Å²) in [6, 6.07) is 6.79. The predicted molar refractivity (Wildman–Crippen MR) is 61.3 cm³/mol. The SMILES string of the molecule is COc1ccccc1NC(=O)CS(C)(=O)=O. The Labute approximate surface area is 94.3 Å². The zero-order valence-electron chi connectivity index (χ0n) is 9.06. The molecular weight excluding hydrogens is 230 g/mol. The number of sulfone groups is 1. The Bertz CT molecular complexity index is 481. The van der Waals surface area contributed by atoms with E-state index in [1.807, 2.05) is 0 Å². The molecule has 0 heterocycles. The van der Waals surface area contributed by atoms with Crippen molar-refractivity contribution in [2.24, 2.45) is 0 Å². The minimum atomic E-state index is -3.32. The number of hydrogen-bond donors (Lipinski definition) is 1. The summed E-state index contributed by atoms with van der Waals surface area (Å²) in [5.74, 6) is -0.623. The van der Waals surface area contributed by atoms with Crippen LogP contribution in [0.5, 0.6) is 5.75 Å². The second-order valence-corrected chi connectivity index (χ2v) is 5.46. The maximum Gasteiger partial charge on any atom is 0.239 e. The molecule has 0 bridgehead atoms. The summed E-state index contributed by atoms with van der Waals surface area (Å²) in [6.07, 6.45) is 1.01.